The van der Waals surface area contributed by atoms with Crippen LogP contribution in [0.2, 0.25) is 0 Å². The number of rotatable bonds is 5. The molecule has 2 rings (SSSR count). The van der Waals surface area contributed by atoms with Gasteiger partial charge in [-0.15, -0.1) is 0 Å². The molecule has 9 heteroatoms. The highest BCUT2D eigenvalue weighted by Gasteiger charge is 2.09. The second kappa shape index (κ2) is 4.77. The molecule has 8 nitrogen and oxygen atoms in total. The Kier molecular flexibility index (Phi) is 3.32. The lowest BCUT2D eigenvalue weighted by Gasteiger charge is -2.07. The van der Waals surface area contributed by atoms with Crippen LogP contribution in [0.5, 0.6) is 0 Å². The zero-order chi connectivity index (χ0) is 13.2. The normalized spacial score (nSPS) is 11.7. The molecule has 0 bridgehead atoms. The first-order valence-corrected chi connectivity index (χ1v) is 7.36. The zero-order valence-corrected chi connectivity index (χ0v) is 10.9. The van der Waals surface area contributed by atoms with Gasteiger partial charge in [0.05, 0.1) is 12.1 Å². The molecule has 98 valence electrons. The van der Waals surface area contributed by atoms with Gasteiger partial charge in [-0.1, -0.05) is 0 Å². The maximum Gasteiger partial charge on any atom is 0.226 e. The summed E-state index contributed by atoms with van der Waals surface area (Å²) in [5.41, 5.74) is 1.18. The van der Waals surface area contributed by atoms with E-state index in [1.165, 1.54) is 12.6 Å². The average Bonchev–Trinajstić information content (AvgIpc) is 2.75. The lowest BCUT2D eigenvalue weighted by molar-refractivity contribution is 0.602. The minimum Gasteiger partial charge on any atom is -0.367 e. The van der Waals surface area contributed by atoms with Crippen LogP contribution in [0.4, 0.5) is 11.8 Å². The quantitative estimate of drug-likeness (QED) is 0.692. The molecule has 0 unspecified atom stereocenters. The number of nitrogens with zero attached hydrogens (tertiary/aromatic N) is 3. The van der Waals surface area contributed by atoms with Gasteiger partial charge in [-0.3, -0.25) is 0 Å². The summed E-state index contributed by atoms with van der Waals surface area (Å²) in [6.45, 7) is 0.285. The van der Waals surface area contributed by atoms with Gasteiger partial charge in [0.1, 0.15) is 15.4 Å². The topological polar surface area (TPSA) is 113 Å². The van der Waals surface area contributed by atoms with Crippen LogP contribution in [0.3, 0.4) is 0 Å². The molecule has 0 aliphatic rings. The molecular weight excluding hydrogens is 256 g/mol. The van der Waals surface area contributed by atoms with Crippen LogP contribution in [0.1, 0.15) is 0 Å². The third-order valence-corrected chi connectivity index (χ3v) is 3.22. The minimum absolute atomic E-state index is 0.0432. The van der Waals surface area contributed by atoms with Crippen molar-refractivity contribution < 1.29 is 8.42 Å². The molecule has 0 aliphatic heterocycles. The summed E-state index contributed by atoms with van der Waals surface area (Å²) in [5, 5.41) is 5.79. The maximum absolute atomic E-state index is 11.1. The van der Waals surface area contributed by atoms with Gasteiger partial charge < -0.3 is 15.6 Å². The smallest absolute Gasteiger partial charge is 0.226 e. The van der Waals surface area contributed by atoms with E-state index in [-0.39, 0.29) is 12.3 Å². The fourth-order valence-electron chi connectivity index (χ4n) is 1.43. The molecule has 3 N–H and O–H groups in total. The van der Waals surface area contributed by atoms with Crippen molar-refractivity contribution in [1.29, 1.82) is 0 Å². The number of nitrogens with one attached hydrogen (secondary N) is 3. The van der Waals surface area contributed by atoms with Crippen molar-refractivity contribution in [2.24, 2.45) is 0 Å². The Balaban J connectivity index is 2.23. The van der Waals surface area contributed by atoms with Gasteiger partial charge in [0, 0.05) is 19.8 Å². The SMILES string of the molecule is CNc1nc(NCCS(C)(=O)=O)c2[nH]cnc2n1. The van der Waals surface area contributed by atoms with Gasteiger partial charge in [0.25, 0.3) is 0 Å². The number of aromatic nitrogens is 4. The summed E-state index contributed by atoms with van der Waals surface area (Å²) >= 11 is 0. The van der Waals surface area contributed by atoms with Gasteiger partial charge in [-0.05, 0) is 0 Å². The van der Waals surface area contributed by atoms with E-state index in [9.17, 15) is 8.42 Å². The molecule has 0 spiro atoms. The summed E-state index contributed by atoms with van der Waals surface area (Å²) in [5.74, 6) is 1.00. The van der Waals surface area contributed by atoms with Gasteiger partial charge >= 0.3 is 0 Å². The van der Waals surface area contributed by atoms with Crippen molar-refractivity contribution in [3.05, 3.63) is 6.33 Å². The number of aromatic amines is 1. The molecule has 0 aromatic carbocycles. The van der Waals surface area contributed by atoms with Crippen LogP contribution >= 0.6 is 0 Å². The lowest BCUT2D eigenvalue weighted by Crippen LogP contribution is -2.15. The number of fused-ring (bicyclic) bond motifs is 1. The Morgan fingerprint density at radius 2 is 2.17 bits per heavy atom. The summed E-state index contributed by atoms with van der Waals surface area (Å²) in [4.78, 5) is 15.3. The molecule has 0 radical (unpaired) electrons. The Hall–Kier alpha value is -1.90. The highest BCUT2D eigenvalue weighted by Crippen LogP contribution is 2.17. The van der Waals surface area contributed by atoms with Crippen LogP contribution in [0, 0.1) is 0 Å². The van der Waals surface area contributed by atoms with E-state index in [4.69, 9.17) is 0 Å². The van der Waals surface area contributed by atoms with E-state index >= 15 is 0 Å². The van der Waals surface area contributed by atoms with Crippen molar-refractivity contribution in [3.63, 3.8) is 0 Å². The third-order valence-electron chi connectivity index (χ3n) is 2.27. The van der Waals surface area contributed by atoms with Crippen LogP contribution in [-0.2, 0) is 9.84 Å². The van der Waals surface area contributed by atoms with Gasteiger partial charge in [0.2, 0.25) is 5.95 Å². The molecule has 0 aliphatic carbocycles. The van der Waals surface area contributed by atoms with Crippen molar-refractivity contribution in [1.82, 2.24) is 19.9 Å². The molecule has 0 saturated carbocycles. The third kappa shape index (κ3) is 2.86. The van der Waals surface area contributed by atoms with Crippen molar-refractivity contribution in [2.75, 3.05) is 36.2 Å². The average molecular weight is 270 g/mol. The fraction of sp³-hybridized carbons (Fsp3) is 0.444. The highest BCUT2D eigenvalue weighted by molar-refractivity contribution is 7.90. The Morgan fingerprint density at radius 3 is 2.83 bits per heavy atom. The standard InChI is InChI=1S/C9H14N6O2S/c1-10-9-14-7(11-3-4-18(2,16)17)6-8(15-9)13-5-12-6/h5H,3-4H2,1-2H3,(H3,10,11,12,13,14,15). The number of hydrogen-bond acceptors (Lipinski definition) is 7. The molecule has 2 heterocycles. The van der Waals surface area contributed by atoms with Crippen LogP contribution in [0.25, 0.3) is 11.2 Å². The van der Waals surface area contributed by atoms with Crippen molar-refractivity contribution in [2.45, 2.75) is 0 Å². The van der Waals surface area contributed by atoms with Crippen LogP contribution < -0.4 is 10.6 Å². The molecule has 0 amide bonds. The second-order valence-electron chi connectivity index (χ2n) is 3.80. The molecule has 18 heavy (non-hydrogen) atoms. The van der Waals surface area contributed by atoms with E-state index in [1.807, 2.05) is 0 Å². The Morgan fingerprint density at radius 1 is 1.39 bits per heavy atom. The van der Waals surface area contributed by atoms with E-state index in [0.29, 0.717) is 22.9 Å². The predicted octanol–water partition coefficient (Wildman–Crippen LogP) is -0.149. The van der Waals surface area contributed by atoms with E-state index in [2.05, 4.69) is 30.6 Å². The number of H-pyrrole nitrogens is 1. The molecular formula is C9H14N6O2S. The van der Waals surface area contributed by atoms with E-state index < -0.39 is 9.84 Å². The molecule has 0 atom stereocenters. The van der Waals surface area contributed by atoms with Crippen molar-refractivity contribution in [3.8, 4) is 0 Å². The molecule has 0 saturated heterocycles. The van der Waals surface area contributed by atoms with Crippen LogP contribution in [-0.4, -0.2) is 54.0 Å². The molecule has 2 aromatic heterocycles. The van der Waals surface area contributed by atoms with Crippen LogP contribution in [0.15, 0.2) is 6.33 Å². The second-order valence-corrected chi connectivity index (χ2v) is 6.06. The minimum atomic E-state index is -3.00. The number of hydrogen-bond donors (Lipinski definition) is 3. The molecule has 0 fully saturated rings. The first-order chi connectivity index (χ1) is 8.49. The van der Waals surface area contributed by atoms with Gasteiger partial charge in [0.15, 0.2) is 11.5 Å². The largest absolute Gasteiger partial charge is 0.367 e. The fourth-order valence-corrected chi connectivity index (χ4v) is 1.90. The Bertz CT molecular complexity index is 650. The lowest BCUT2D eigenvalue weighted by atomic mass is 10.5. The number of anilines is 2. The van der Waals surface area contributed by atoms with Gasteiger partial charge in [-0.25, -0.2) is 13.4 Å². The zero-order valence-electron chi connectivity index (χ0n) is 10.1. The first-order valence-electron chi connectivity index (χ1n) is 5.30. The predicted molar refractivity (Wildman–Crippen MR) is 69.4 cm³/mol. The molecule has 2 aromatic rings. The Labute approximate surface area is 104 Å². The highest BCUT2D eigenvalue weighted by atomic mass is 32.2. The number of sulfone groups is 1. The first kappa shape index (κ1) is 12.6. The number of imidazole rings is 1. The summed E-state index contributed by atoms with van der Waals surface area (Å²) in [6.07, 6.45) is 2.71. The van der Waals surface area contributed by atoms with E-state index in [0.717, 1.165) is 0 Å². The summed E-state index contributed by atoms with van der Waals surface area (Å²) in [7, 11) is -1.29. The van der Waals surface area contributed by atoms with E-state index in [1.54, 1.807) is 7.05 Å². The summed E-state index contributed by atoms with van der Waals surface area (Å²) < 4.78 is 22.1. The monoisotopic (exact) mass is 270 g/mol. The summed E-state index contributed by atoms with van der Waals surface area (Å²) in [6, 6.07) is 0. The van der Waals surface area contributed by atoms with Crippen molar-refractivity contribution >= 4 is 32.8 Å². The maximum atomic E-state index is 11.1. The van der Waals surface area contributed by atoms with Gasteiger partial charge in [-0.2, -0.15) is 9.97 Å².